The smallest absolute Gasteiger partial charge is 0.310 e. The van der Waals surface area contributed by atoms with E-state index in [1.807, 2.05) is 6.08 Å². The van der Waals surface area contributed by atoms with Crippen molar-refractivity contribution in [1.29, 1.82) is 0 Å². The molecule has 5 rings (SSSR count). The highest BCUT2D eigenvalue weighted by molar-refractivity contribution is 5.87. The summed E-state index contributed by atoms with van der Waals surface area (Å²) in [6.07, 6.45) is 5.94. The molecule has 202 valence electrons. The first-order valence-corrected chi connectivity index (χ1v) is 13.8. The number of allylic oxidation sites excluding steroid dienone is 1. The Morgan fingerprint density at radius 1 is 1.00 bits per heavy atom. The van der Waals surface area contributed by atoms with Crippen LogP contribution in [0.4, 0.5) is 0 Å². The van der Waals surface area contributed by atoms with E-state index in [9.17, 15) is 4.79 Å². The Morgan fingerprint density at radius 2 is 1.72 bits per heavy atom. The molecule has 0 amide bonds. The third kappa shape index (κ3) is 4.52. The van der Waals surface area contributed by atoms with Gasteiger partial charge in [-0.05, 0) is 80.2 Å². The number of aryl methyl sites for hydroxylation is 3. The molecule has 0 saturated carbocycles. The van der Waals surface area contributed by atoms with Gasteiger partial charge >= 0.3 is 5.97 Å². The number of aromatic amines is 2. The second-order valence-electron chi connectivity index (χ2n) is 10.7. The lowest BCUT2D eigenvalue weighted by Crippen LogP contribution is -2.11. The summed E-state index contributed by atoms with van der Waals surface area (Å²) in [5.74, 6) is 0.0795. The van der Waals surface area contributed by atoms with Crippen LogP contribution in [-0.4, -0.2) is 33.0 Å². The molecule has 2 atom stereocenters. The fraction of sp³-hybridized carbons (Fsp3) is 0.364. The molecule has 3 aromatic heterocycles. The first-order chi connectivity index (χ1) is 18.7. The molecule has 0 radical (unpaired) electrons. The highest BCUT2D eigenvalue weighted by Crippen LogP contribution is 2.41. The van der Waals surface area contributed by atoms with E-state index < -0.39 is 0 Å². The van der Waals surface area contributed by atoms with E-state index >= 15 is 0 Å². The average Bonchev–Trinajstić information content (AvgIpc) is 3.61. The second-order valence-corrected chi connectivity index (χ2v) is 10.7. The summed E-state index contributed by atoms with van der Waals surface area (Å²) in [7, 11) is 1.43. The van der Waals surface area contributed by atoms with Gasteiger partial charge in [-0.15, -0.1) is 0 Å². The largest absolute Gasteiger partial charge is 0.469 e. The maximum absolute atomic E-state index is 12.6. The predicted octanol–water partition coefficient (Wildman–Crippen LogP) is 7.71. The van der Waals surface area contributed by atoms with Gasteiger partial charge in [0.15, 0.2) is 0 Å². The molecule has 0 saturated heterocycles. The molecule has 3 aromatic rings. The van der Waals surface area contributed by atoms with Gasteiger partial charge in [0.25, 0.3) is 0 Å². The minimum absolute atomic E-state index is 0.134. The molecule has 0 fully saturated rings. The lowest BCUT2D eigenvalue weighted by atomic mass is 9.86. The second kappa shape index (κ2) is 10.3. The Balaban J connectivity index is 2.00. The van der Waals surface area contributed by atoms with Gasteiger partial charge in [-0.1, -0.05) is 33.4 Å². The molecule has 6 nitrogen and oxygen atoms in total. The zero-order valence-corrected chi connectivity index (χ0v) is 24.1. The van der Waals surface area contributed by atoms with Crippen molar-refractivity contribution in [3.8, 4) is 0 Å². The fourth-order valence-electron chi connectivity index (χ4n) is 6.13. The Bertz CT molecular complexity index is 1690. The van der Waals surface area contributed by atoms with Crippen LogP contribution in [0.15, 0.2) is 24.8 Å². The summed E-state index contributed by atoms with van der Waals surface area (Å²) in [4.78, 5) is 30.2. The van der Waals surface area contributed by atoms with Gasteiger partial charge in [0.05, 0.1) is 30.6 Å². The predicted molar refractivity (Wildman–Crippen MR) is 161 cm³/mol. The first kappa shape index (κ1) is 26.7. The van der Waals surface area contributed by atoms with Gasteiger partial charge in [-0.2, -0.15) is 0 Å². The lowest BCUT2D eigenvalue weighted by Gasteiger charge is -2.16. The lowest BCUT2D eigenvalue weighted by molar-refractivity contribution is -0.139. The number of ether oxygens (including phenoxy) is 1. The number of carbonyl (C=O) groups is 1. The van der Waals surface area contributed by atoms with E-state index in [0.717, 1.165) is 79.9 Å². The quantitative estimate of drug-likeness (QED) is 0.336. The molecule has 39 heavy (non-hydrogen) atoms. The topological polar surface area (TPSA) is 83.7 Å². The van der Waals surface area contributed by atoms with Crippen molar-refractivity contribution in [2.75, 3.05) is 7.11 Å². The normalized spacial score (nSPS) is 16.7. The monoisotopic (exact) mass is 522 g/mol. The number of aromatic nitrogens is 4. The van der Waals surface area contributed by atoms with Crippen LogP contribution in [0.1, 0.15) is 96.5 Å². The van der Waals surface area contributed by atoms with Crippen molar-refractivity contribution in [1.82, 2.24) is 19.9 Å². The molecule has 0 unspecified atom stereocenters. The van der Waals surface area contributed by atoms with Crippen LogP contribution in [0.2, 0.25) is 0 Å². The van der Waals surface area contributed by atoms with E-state index in [2.05, 4.69) is 82.4 Å². The van der Waals surface area contributed by atoms with Crippen molar-refractivity contribution in [2.45, 2.75) is 72.6 Å². The average molecular weight is 523 g/mol. The summed E-state index contributed by atoms with van der Waals surface area (Å²) in [5, 5.41) is 0. The van der Waals surface area contributed by atoms with Crippen LogP contribution in [0.25, 0.3) is 39.8 Å². The van der Waals surface area contributed by atoms with Crippen LogP contribution in [-0.2, 0) is 22.4 Å². The Hall–Kier alpha value is -3.93. The number of nitrogens with zero attached hydrogens (tertiary/aromatic N) is 2. The molecular weight excluding hydrogens is 484 g/mol. The molecule has 2 aliphatic heterocycles. The number of esters is 1. The molecule has 2 N–H and O–H groups in total. The minimum atomic E-state index is -0.290. The maximum atomic E-state index is 12.6. The molecule has 5 heterocycles. The van der Waals surface area contributed by atoms with Crippen LogP contribution in [0.3, 0.4) is 0 Å². The number of H-pyrrole nitrogens is 2. The summed E-state index contributed by atoms with van der Waals surface area (Å²) in [6, 6.07) is 6.48. The van der Waals surface area contributed by atoms with Gasteiger partial charge in [0.2, 0.25) is 0 Å². The first-order valence-electron chi connectivity index (χ1n) is 13.8. The summed E-state index contributed by atoms with van der Waals surface area (Å²) in [5.41, 5.74) is 14.4. The Kier molecular flexibility index (Phi) is 7.06. The van der Waals surface area contributed by atoms with Gasteiger partial charge in [-0.3, -0.25) is 9.78 Å². The Morgan fingerprint density at radius 3 is 2.38 bits per heavy atom. The standard InChI is InChI=1S/C33H38N4O2/c1-9-21-19(6)27-16-31-22(10-2)18(5)26(35-31)15-28-20(7)23(11-3)33(37-28)24(13-32(38)39-8)29-12-17(4)25(34-29)14-30(21)36-27/h10,12,14-16,20,23,35-36H,2,9,11,13H2,1,3-8H3/t20-,23-/m0/s1. The van der Waals surface area contributed by atoms with Crippen molar-refractivity contribution in [2.24, 2.45) is 0 Å². The van der Waals surface area contributed by atoms with E-state index in [0.29, 0.717) is 0 Å². The van der Waals surface area contributed by atoms with E-state index in [-0.39, 0.29) is 24.2 Å². The molecule has 8 bridgehead atoms. The third-order valence-electron chi connectivity index (χ3n) is 8.51. The zero-order chi connectivity index (χ0) is 28.0. The van der Waals surface area contributed by atoms with Crippen molar-refractivity contribution in [3.63, 3.8) is 0 Å². The molecule has 6 heteroatoms. The highest BCUT2D eigenvalue weighted by atomic mass is 16.5. The number of methoxy groups -OCH3 is 1. The van der Waals surface area contributed by atoms with Gasteiger partial charge in [0, 0.05) is 50.7 Å². The molecule has 0 aromatic carbocycles. The third-order valence-corrected chi connectivity index (χ3v) is 8.51. The molecule has 2 aliphatic rings. The van der Waals surface area contributed by atoms with Crippen molar-refractivity contribution in [3.05, 3.63) is 75.4 Å². The number of fused-ring (bicyclic) bond motifs is 8. The summed E-state index contributed by atoms with van der Waals surface area (Å²) < 4.78 is 5.11. The number of hydrogen-bond acceptors (Lipinski definition) is 4. The molecule has 0 aliphatic carbocycles. The van der Waals surface area contributed by atoms with Crippen molar-refractivity contribution < 1.29 is 9.53 Å². The molecule has 0 spiro atoms. The number of carbonyl (C=O) groups excluding carboxylic acids is 1. The van der Waals surface area contributed by atoms with Crippen LogP contribution in [0.5, 0.6) is 0 Å². The van der Waals surface area contributed by atoms with Crippen molar-refractivity contribution >= 4 is 45.8 Å². The fourth-order valence-corrected chi connectivity index (χ4v) is 6.13. The highest BCUT2D eigenvalue weighted by Gasteiger charge is 2.31. The van der Waals surface area contributed by atoms with E-state index in [4.69, 9.17) is 14.7 Å². The number of rotatable bonds is 5. The van der Waals surface area contributed by atoms with Gasteiger partial charge in [0.1, 0.15) is 0 Å². The van der Waals surface area contributed by atoms with Gasteiger partial charge < -0.3 is 14.7 Å². The summed E-state index contributed by atoms with van der Waals surface area (Å²) in [6.45, 7) is 17.0. The van der Waals surface area contributed by atoms with E-state index in [1.54, 1.807) is 0 Å². The number of nitrogens with one attached hydrogen (secondary N) is 2. The minimum Gasteiger partial charge on any atom is -0.469 e. The van der Waals surface area contributed by atoms with Crippen LogP contribution < -0.4 is 0 Å². The number of hydrogen-bond donors (Lipinski definition) is 2. The van der Waals surface area contributed by atoms with Crippen LogP contribution >= 0.6 is 0 Å². The van der Waals surface area contributed by atoms with E-state index in [1.165, 1.54) is 18.2 Å². The maximum Gasteiger partial charge on any atom is 0.310 e. The zero-order valence-electron chi connectivity index (χ0n) is 24.1. The van der Waals surface area contributed by atoms with Crippen LogP contribution in [0, 0.1) is 13.8 Å². The Labute approximate surface area is 230 Å². The van der Waals surface area contributed by atoms with Gasteiger partial charge in [-0.25, -0.2) is 4.98 Å². The SMILES string of the molecule is C=Cc1c(C)c2cc3nc(c(CC(=O)OC)c4nc(cc5[nH]c(cc1[nH]2)c(C)c5CC)C(C)=C4)[C@@H](CC)[C@@H]3C. The molecular formula is C33H38N4O2. The summed E-state index contributed by atoms with van der Waals surface area (Å²) >= 11 is 0.